The number of benzene rings is 1. The smallest absolute Gasteiger partial charge is 0.238 e. The van der Waals surface area contributed by atoms with E-state index in [4.69, 9.17) is 5.26 Å². The molecule has 0 bridgehead atoms. The van der Waals surface area contributed by atoms with E-state index < -0.39 is 0 Å². The van der Waals surface area contributed by atoms with Crippen LogP contribution in [0.5, 0.6) is 0 Å². The maximum Gasteiger partial charge on any atom is 0.238 e. The van der Waals surface area contributed by atoms with Gasteiger partial charge in [0.2, 0.25) is 11.8 Å². The number of para-hydroxylation sites is 1. The van der Waals surface area contributed by atoms with Crippen LogP contribution in [0.15, 0.2) is 29.2 Å². The number of carbonyl (C=O) groups is 2. The van der Waals surface area contributed by atoms with E-state index in [-0.39, 0.29) is 30.9 Å². The fraction of sp³-hybridized carbons (Fsp3) is 0.471. The Morgan fingerprint density at radius 3 is 2.54 bits per heavy atom. The van der Waals surface area contributed by atoms with Crippen LogP contribution in [-0.2, 0) is 9.59 Å². The fourth-order valence-electron chi connectivity index (χ4n) is 2.05. The monoisotopic (exact) mass is 348 g/mol. The van der Waals surface area contributed by atoms with Crippen molar-refractivity contribution in [3.63, 3.8) is 0 Å². The lowest BCUT2D eigenvalue weighted by Gasteiger charge is -2.20. The molecule has 0 saturated heterocycles. The molecule has 6 nitrogen and oxygen atoms in total. The van der Waals surface area contributed by atoms with Crippen LogP contribution in [0.3, 0.4) is 0 Å². The van der Waals surface area contributed by atoms with E-state index in [0.29, 0.717) is 18.0 Å². The number of rotatable bonds is 9. The van der Waals surface area contributed by atoms with E-state index in [1.165, 1.54) is 11.8 Å². The Balaban J connectivity index is 2.61. The minimum atomic E-state index is -0.181. The molecule has 1 rings (SSSR count). The van der Waals surface area contributed by atoms with Crippen LogP contribution in [0.2, 0.25) is 0 Å². The maximum absolute atomic E-state index is 12.3. The van der Waals surface area contributed by atoms with Crippen molar-refractivity contribution in [1.29, 1.82) is 5.26 Å². The molecule has 0 aliphatic heterocycles. The first-order valence-corrected chi connectivity index (χ1v) is 8.85. The van der Waals surface area contributed by atoms with E-state index in [0.717, 1.165) is 4.90 Å². The number of likely N-dealkylation sites (N-methyl/N-ethyl adjacent to an activating group) is 1. The zero-order chi connectivity index (χ0) is 17.9. The third-order valence-corrected chi connectivity index (χ3v) is 4.03. The summed E-state index contributed by atoms with van der Waals surface area (Å²) in [6, 6.07) is 9.52. The minimum Gasteiger partial charge on any atom is -0.353 e. The second kappa shape index (κ2) is 10.7. The number of nitrogens with zero attached hydrogens (tertiary/aromatic N) is 2. The van der Waals surface area contributed by atoms with Gasteiger partial charge in [-0.15, -0.1) is 11.8 Å². The van der Waals surface area contributed by atoms with Crippen LogP contribution < -0.4 is 10.6 Å². The lowest BCUT2D eigenvalue weighted by Crippen LogP contribution is -2.42. The molecule has 24 heavy (non-hydrogen) atoms. The molecule has 7 heteroatoms. The quantitative estimate of drug-likeness (QED) is 0.668. The lowest BCUT2D eigenvalue weighted by atomic mass is 10.3. The topological polar surface area (TPSA) is 85.2 Å². The van der Waals surface area contributed by atoms with Crippen molar-refractivity contribution >= 4 is 29.3 Å². The summed E-state index contributed by atoms with van der Waals surface area (Å²) in [6.45, 7) is 6.63. The third kappa shape index (κ3) is 7.49. The van der Waals surface area contributed by atoms with Crippen LogP contribution >= 0.6 is 11.8 Å². The van der Waals surface area contributed by atoms with Crippen molar-refractivity contribution in [3.8, 4) is 6.07 Å². The highest BCUT2D eigenvalue weighted by Crippen LogP contribution is 2.26. The zero-order valence-corrected chi connectivity index (χ0v) is 15.2. The highest BCUT2D eigenvalue weighted by atomic mass is 32.2. The first kappa shape index (κ1) is 20.0. The molecule has 0 saturated carbocycles. The van der Waals surface area contributed by atoms with E-state index in [1.807, 2.05) is 39.0 Å². The molecule has 0 unspecified atom stereocenters. The molecular weight excluding hydrogens is 324 g/mol. The van der Waals surface area contributed by atoms with E-state index in [9.17, 15) is 9.59 Å². The number of anilines is 1. The summed E-state index contributed by atoms with van der Waals surface area (Å²) in [4.78, 5) is 26.7. The predicted molar refractivity (Wildman–Crippen MR) is 96.8 cm³/mol. The van der Waals surface area contributed by atoms with Gasteiger partial charge in [0, 0.05) is 10.9 Å². The Kier molecular flexibility index (Phi) is 8.90. The number of nitriles is 1. The molecule has 1 aromatic carbocycles. The predicted octanol–water partition coefficient (Wildman–Crippen LogP) is 2.09. The number of hydrogen-bond acceptors (Lipinski definition) is 5. The van der Waals surface area contributed by atoms with Gasteiger partial charge < -0.3 is 10.6 Å². The summed E-state index contributed by atoms with van der Waals surface area (Å²) in [5, 5.41) is 14.4. The van der Waals surface area contributed by atoms with Crippen LogP contribution in [0, 0.1) is 11.3 Å². The summed E-state index contributed by atoms with van der Waals surface area (Å²) < 4.78 is 0. The van der Waals surface area contributed by atoms with Gasteiger partial charge in [-0.05, 0) is 32.5 Å². The lowest BCUT2D eigenvalue weighted by molar-refractivity contribution is -0.123. The maximum atomic E-state index is 12.3. The molecule has 0 radical (unpaired) electrons. The van der Waals surface area contributed by atoms with E-state index in [2.05, 4.69) is 16.7 Å². The molecule has 2 amide bonds. The second-order valence-electron chi connectivity index (χ2n) is 5.52. The van der Waals surface area contributed by atoms with Crippen molar-refractivity contribution < 1.29 is 9.59 Å². The standard InChI is InChI=1S/C17H24N4O2S/c1-4-21(11-16(22)19-13(2)3)12-17(23)20-14-7-5-6-8-15(14)24-10-9-18/h5-8,13H,4,10-12H2,1-3H3,(H,19,22)(H,20,23). The molecular formula is C17H24N4O2S. The van der Waals surface area contributed by atoms with Crippen LogP contribution in [-0.4, -0.2) is 48.1 Å². The number of nitrogens with one attached hydrogen (secondary N) is 2. The summed E-state index contributed by atoms with van der Waals surface area (Å²) in [5.74, 6) is 0.0485. The Morgan fingerprint density at radius 2 is 1.92 bits per heavy atom. The molecule has 0 heterocycles. The summed E-state index contributed by atoms with van der Waals surface area (Å²) >= 11 is 1.38. The van der Waals surface area contributed by atoms with Gasteiger partial charge in [-0.25, -0.2) is 0 Å². The average Bonchev–Trinajstić information content (AvgIpc) is 2.52. The molecule has 0 spiro atoms. The number of amides is 2. The minimum absolute atomic E-state index is 0.0778. The highest BCUT2D eigenvalue weighted by Gasteiger charge is 2.14. The van der Waals surface area contributed by atoms with Crippen molar-refractivity contribution in [2.75, 3.05) is 30.7 Å². The average molecular weight is 348 g/mol. The molecule has 2 N–H and O–H groups in total. The van der Waals surface area contributed by atoms with E-state index in [1.54, 1.807) is 11.0 Å². The van der Waals surface area contributed by atoms with Gasteiger partial charge in [0.1, 0.15) is 0 Å². The number of carbonyl (C=O) groups excluding carboxylic acids is 2. The fourth-order valence-corrected chi connectivity index (χ4v) is 2.72. The SMILES string of the molecule is CCN(CC(=O)Nc1ccccc1SCC#N)CC(=O)NC(C)C. The molecule has 0 fully saturated rings. The van der Waals surface area contributed by atoms with Gasteiger partial charge in [0.15, 0.2) is 0 Å². The van der Waals surface area contributed by atoms with Crippen molar-refractivity contribution in [2.24, 2.45) is 0 Å². The molecule has 0 aliphatic rings. The van der Waals surface area contributed by atoms with Gasteiger partial charge in [-0.2, -0.15) is 5.26 Å². The zero-order valence-electron chi connectivity index (χ0n) is 14.3. The largest absolute Gasteiger partial charge is 0.353 e. The summed E-state index contributed by atoms with van der Waals surface area (Å²) in [7, 11) is 0. The Labute approximate surface area is 147 Å². The van der Waals surface area contributed by atoms with Crippen molar-refractivity contribution in [3.05, 3.63) is 24.3 Å². The number of hydrogen-bond donors (Lipinski definition) is 2. The molecule has 1 aromatic rings. The van der Waals surface area contributed by atoms with Gasteiger partial charge in [-0.3, -0.25) is 14.5 Å². The van der Waals surface area contributed by atoms with Gasteiger partial charge >= 0.3 is 0 Å². The van der Waals surface area contributed by atoms with Crippen LogP contribution in [0.4, 0.5) is 5.69 Å². The summed E-state index contributed by atoms with van der Waals surface area (Å²) in [5.41, 5.74) is 0.686. The first-order valence-electron chi connectivity index (χ1n) is 7.86. The molecule has 0 aliphatic carbocycles. The number of thioether (sulfide) groups is 1. The van der Waals surface area contributed by atoms with Crippen molar-refractivity contribution in [1.82, 2.24) is 10.2 Å². The van der Waals surface area contributed by atoms with E-state index >= 15 is 0 Å². The Hall–Kier alpha value is -2.04. The molecule has 0 atom stereocenters. The van der Waals surface area contributed by atoms with Gasteiger partial charge in [0.05, 0.1) is 30.6 Å². The van der Waals surface area contributed by atoms with Gasteiger partial charge in [0.25, 0.3) is 0 Å². The van der Waals surface area contributed by atoms with Crippen molar-refractivity contribution in [2.45, 2.75) is 31.7 Å². The third-order valence-electron chi connectivity index (χ3n) is 3.08. The normalized spacial score (nSPS) is 10.5. The Bertz CT molecular complexity index is 598. The second-order valence-corrected chi connectivity index (χ2v) is 6.53. The molecule has 130 valence electrons. The molecule has 0 aromatic heterocycles. The Morgan fingerprint density at radius 1 is 1.25 bits per heavy atom. The van der Waals surface area contributed by atoms with Gasteiger partial charge in [-0.1, -0.05) is 19.1 Å². The van der Waals surface area contributed by atoms with Crippen LogP contribution in [0.1, 0.15) is 20.8 Å². The highest BCUT2D eigenvalue weighted by molar-refractivity contribution is 7.99. The van der Waals surface area contributed by atoms with Crippen LogP contribution in [0.25, 0.3) is 0 Å². The first-order chi connectivity index (χ1) is 11.5. The summed E-state index contributed by atoms with van der Waals surface area (Å²) in [6.07, 6.45) is 0.